The van der Waals surface area contributed by atoms with Crippen molar-refractivity contribution in [2.24, 2.45) is 0 Å². The molecule has 1 aliphatic heterocycles. The number of benzene rings is 3. The van der Waals surface area contributed by atoms with Gasteiger partial charge in [0.05, 0.1) is 24.1 Å². The predicted octanol–water partition coefficient (Wildman–Crippen LogP) is 4.30. The van der Waals surface area contributed by atoms with E-state index in [1.807, 2.05) is 54.6 Å². The van der Waals surface area contributed by atoms with Crippen molar-refractivity contribution < 1.29 is 9.47 Å². The van der Waals surface area contributed by atoms with Crippen LogP contribution in [0.1, 0.15) is 11.9 Å². The summed E-state index contributed by atoms with van der Waals surface area (Å²) in [6.07, 6.45) is -0.257. The molecule has 1 fully saturated rings. The van der Waals surface area contributed by atoms with Crippen molar-refractivity contribution in [1.82, 2.24) is 9.97 Å². The van der Waals surface area contributed by atoms with E-state index in [4.69, 9.17) is 9.47 Å². The number of aromatic amines is 1. The average molecular weight is 370 g/mol. The number of nitrogens with zero attached hydrogens (tertiary/aromatic N) is 1. The molecule has 1 N–H and O–H groups in total. The molecule has 0 radical (unpaired) electrons. The van der Waals surface area contributed by atoms with Crippen LogP contribution in [-0.4, -0.2) is 23.2 Å². The SMILES string of the molecule is O=c1[nH]c(-c2ccc(-c3ccc(C4OCCO4)cc3)cc2)nc2ccccc12. The van der Waals surface area contributed by atoms with Crippen molar-refractivity contribution in [3.8, 4) is 22.5 Å². The van der Waals surface area contributed by atoms with Crippen molar-refractivity contribution in [1.29, 1.82) is 0 Å². The Morgan fingerprint density at radius 2 is 1.39 bits per heavy atom. The molecular weight excluding hydrogens is 352 g/mol. The number of para-hydroxylation sites is 1. The van der Waals surface area contributed by atoms with E-state index in [9.17, 15) is 4.79 Å². The monoisotopic (exact) mass is 370 g/mol. The maximum Gasteiger partial charge on any atom is 0.259 e. The zero-order valence-electron chi connectivity index (χ0n) is 15.1. The number of aromatic nitrogens is 2. The molecule has 28 heavy (non-hydrogen) atoms. The van der Waals surface area contributed by atoms with Crippen molar-refractivity contribution in [2.45, 2.75) is 6.29 Å². The van der Waals surface area contributed by atoms with Crippen LogP contribution >= 0.6 is 0 Å². The van der Waals surface area contributed by atoms with Crippen molar-refractivity contribution in [2.75, 3.05) is 13.2 Å². The van der Waals surface area contributed by atoms with Crippen LogP contribution in [-0.2, 0) is 9.47 Å². The molecule has 0 bridgehead atoms. The number of rotatable bonds is 3. The summed E-state index contributed by atoms with van der Waals surface area (Å²) in [6.45, 7) is 1.28. The molecule has 0 saturated carbocycles. The van der Waals surface area contributed by atoms with E-state index in [1.54, 1.807) is 6.07 Å². The fourth-order valence-electron chi connectivity index (χ4n) is 3.43. The molecule has 0 aliphatic carbocycles. The van der Waals surface area contributed by atoms with Gasteiger partial charge in [0.1, 0.15) is 5.82 Å². The van der Waals surface area contributed by atoms with Gasteiger partial charge in [0, 0.05) is 11.1 Å². The highest BCUT2D eigenvalue weighted by molar-refractivity contribution is 5.79. The first kappa shape index (κ1) is 16.9. The van der Waals surface area contributed by atoms with Crippen LogP contribution in [0.2, 0.25) is 0 Å². The second kappa shape index (κ2) is 7.03. The van der Waals surface area contributed by atoms with E-state index in [1.165, 1.54) is 0 Å². The summed E-state index contributed by atoms with van der Waals surface area (Å²) in [5.41, 5.74) is 4.65. The van der Waals surface area contributed by atoms with Gasteiger partial charge >= 0.3 is 0 Å². The molecule has 4 aromatic rings. The third-order valence-corrected chi connectivity index (χ3v) is 4.91. The molecular formula is C23H18N2O3. The molecule has 0 atom stereocenters. The minimum atomic E-state index is -0.257. The third-order valence-electron chi connectivity index (χ3n) is 4.91. The van der Waals surface area contributed by atoms with Crippen LogP contribution < -0.4 is 5.56 Å². The number of fused-ring (bicyclic) bond motifs is 1. The van der Waals surface area contributed by atoms with Gasteiger partial charge in [-0.15, -0.1) is 0 Å². The van der Waals surface area contributed by atoms with E-state index in [0.29, 0.717) is 29.9 Å². The fraction of sp³-hybridized carbons (Fsp3) is 0.130. The molecule has 0 amide bonds. The lowest BCUT2D eigenvalue weighted by atomic mass is 10.0. The molecule has 5 nitrogen and oxygen atoms in total. The Morgan fingerprint density at radius 1 is 0.786 bits per heavy atom. The van der Waals surface area contributed by atoms with Gasteiger partial charge in [0.2, 0.25) is 0 Å². The molecule has 0 unspecified atom stereocenters. The van der Waals surface area contributed by atoms with E-state index < -0.39 is 0 Å². The Morgan fingerprint density at radius 3 is 2.11 bits per heavy atom. The van der Waals surface area contributed by atoms with E-state index in [-0.39, 0.29) is 11.8 Å². The molecule has 3 aromatic carbocycles. The van der Waals surface area contributed by atoms with E-state index >= 15 is 0 Å². The summed E-state index contributed by atoms with van der Waals surface area (Å²) in [6, 6.07) is 23.5. The lowest BCUT2D eigenvalue weighted by Crippen LogP contribution is -2.09. The lowest BCUT2D eigenvalue weighted by Gasteiger charge is -2.10. The first-order valence-corrected chi connectivity index (χ1v) is 9.21. The van der Waals surface area contributed by atoms with Gasteiger partial charge in [-0.05, 0) is 23.3 Å². The van der Waals surface area contributed by atoms with E-state index in [2.05, 4.69) is 22.1 Å². The largest absolute Gasteiger partial charge is 0.346 e. The third kappa shape index (κ3) is 3.11. The Labute approximate surface area is 161 Å². The molecule has 1 aromatic heterocycles. The highest BCUT2D eigenvalue weighted by atomic mass is 16.7. The lowest BCUT2D eigenvalue weighted by molar-refractivity contribution is -0.0441. The van der Waals surface area contributed by atoms with Gasteiger partial charge in [-0.1, -0.05) is 60.7 Å². The number of nitrogens with one attached hydrogen (secondary N) is 1. The van der Waals surface area contributed by atoms with Gasteiger partial charge in [-0.3, -0.25) is 4.79 Å². The standard InChI is InChI=1S/C23H18N2O3/c26-22-19-3-1-2-4-20(19)24-21(25-22)17-9-5-15(6-10-17)16-7-11-18(12-8-16)23-27-13-14-28-23/h1-12,23H,13-14H2,(H,24,25,26). The highest BCUT2D eigenvalue weighted by Crippen LogP contribution is 2.27. The summed E-state index contributed by atoms with van der Waals surface area (Å²) < 4.78 is 11.1. The van der Waals surface area contributed by atoms with E-state index in [0.717, 1.165) is 22.3 Å². The first-order chi connectivity index (χ1) is 13.8. The first-order valence-electron chi connectivity index (χ1n) is 9.21. The minimum Gasteiger partial charge on any atom is -0.346 e. The van der Waals surface area contributed by atoms with Crippen molar-refractivity contribution >= 4 is 10.9 Å². The maximum atomic E-state index is 12.3. The van der Waals surface area contributed by atoms with Gasteiger partial charge < -0.3 is 14.5 Å². The van der Waals surface area contributed by atoms with Crippen LogP contribution in [0.5, 0.6) is 0 Å². The summed E-state index contributed by atoms with van der Waals surface area (Å²) >= 11 is 0. The molecule has 138 valence electrons. The predicted molar refractivity (Wildman–Crippen MR) is 108 cm³/mol. The Kier molecular flexibility index (Phi) is 4.24. The van der Waals surface area contributed by atoms with Crippen molar-refractivity contribution in [3.63, 3.8) is 0 Å². The summed E-state index contributed by atoms with van der Waals surface area (Å²) in [4.78, 5) is 19.7. The van der Waals surface area contributed by atoms with Gasteiger partial charge in [-0.2, -0.15) is 0 Å². The quantitative estimate of drug-likeness (QED) is 0.584. The molecule has 0 spiro atoms. The number of ether oxygens (including phenoxy) is 2. The summed E-state index contributed by atoms with van der Waals surface area (Å²) in [7, 11) is 0. The zero-order chi connectivity index (χ0) is 18.9. The molecule has 5 heteroatoms. The average Bonchev–Trinajstić information content (AvgIpc) is 3.29. The second-order valence-electron chi connectivity index (χ2n) is 6.70. The number of hydrogen-bond donors (Lipinski definition) is 1. The van der Waals surface area contributed by atoms with Crippen LogP contribution in [0.4, 0.5) is 0 Å². The van der Waals surface area contributed by atoms with Crippen LogP contribution in [0.15, 0.2) is 77.6 Å². The van der Waals surface area contributed by atoms with Crippen molar-refractivity contribution in [3.05, 3.63) is 88.7 Å². The van der Waals surface area contributed by atoms with Crippen LogP contribution in [0.25, 0.3) is 33.4 Å². The van der Waals surface area contributed by atoms with Gasteiger partial charge in [0.25, 0.3) is 5.56 Å². The highest BCUT2D eigenvalue weighted by Gasteiger charge is 2.17. The minimum absolute atomic E-state index is 0.128. The second-order valence-corrected chi connectivity index (χ2v) is 6.70. The molecule has 2 heterocycles. The van der Waals surface area contributed by atoms with Crippen LogP contribution in [0.3, 0.4) is 0 Å². The fourth-order valence-corrected chi connectivity index (χ4v) is 3.43. The summed E-state index contributed by atoms with van der Waals surface area (Å²) in [5, 5.41) is 0.596. The Balaban J connectivity index is 1.43. The van der Waals surface area contributed by atoms with Gasteiger partial charge in [-0.25, -0.2) is 4.98 Å². The van der Waals surface area contributed by atoms with Crippen LogP contribution in [0, 0.1) is 0 Å². The Bertz CT molecular complexity index is 1180. The number of hydrogen-bond acceptors (Lipinski definition) is 4. The normalized spacial score (nSPS) is 14.6. The topological polar surface area (TPSA) is 64.2 Å². The Hall–Kier alpha value is -3.28. The smallest absolute Gasteiger partial charge is 0.259 e. The zero-order valence-corrected chi connectivity index (χ0v) is 15.1. The maximum absolute atomic E-state index is 12.3. The summed E-state index contributed by atoms with van der Waals surface area (Å²) in [5.74, 6) is 0.570. The molecule has 1 aliphatic rings. The molecule has 5 rings (SSSR count). The number of H-pyrrole nitrogens is 1. The molecule has 1 saturated heterocycles. The van der Waals surface area contributed by atoms with Gasteiger partial charge in [0.15, 0.2) is 6.29 Å².